The smallest absolute Gasteiger partial charge is 0.407 e. The van der Waals surface area contributed by atoms with Gasteiger partial charge >= 0.3 is 12.2 Å². The maximum absolute atomic E-state index is 13.8. The highest BCUT2D eigenvalue weighted by molar-refractivity contribution is 5.86. The number of hydrazine groups is 1. The third-order valence-electron chi connectivity index (χ3n) is 9.69. The normalized spacial score (nSPS) is 18.2. The van der Waals surface area contributed by atoms with Gasteiger partial charge in [-0.25, -0.2) is 14.6 Å². The van der Waals surface area contributed by atoms with Gasteiger partial charge in [0.2, 0.25) is 5.91 Å². The number of aliphatic hydroxyl groups excluding tert-OH is 1. The number of aromatic nitrogens is 1. The summed E-state index contributed by atoms with van der Waals surface area (Å²) in [5.41, 5.74) is 5.16. The molecule has 5 N–H and O–H groups in total. The Balaban J connectivity index is 1.59. The first-order chi connectivity index (χ1) is 24.6. The molecule has 1 aliphatic carbocycles. The van der Waals surface area contributed by atoms with Crippen LogP contribution in [0.25, 0.3) is 11.3 Å². The highest BCUT2D eigenvalue weighted by Crippen LogP contribution is 2.46. The van der Waals surface area contributed by atoms with Gasteiger partial charge in [0.05, 0.1) is 32.1 Å². The van der Waals surface area contributed by atoms with E-state index in [9.17, 15) is 24.3 Å². The number of carbonyl (C=O) groups is 4. The Labute approximate surface area is 305 Å². The second-order valence-electron chi connectivity index (χ2n) is 14.9. The third kappa shape index (κ3) is 10.5. The zero-order valence-electron chi connectivity index (χ0n) is 31.0. The zero-order chi connectivity index (χ0) is 38.1. The molecule has 1 aromatic heterocycles. The van der Waals surface area contributed by atoms with Gasteiger partial charge in [-0.05, 0) is 46.9 Å². The number of alkyl carbamates (subject to hydrolysis) is 2. The van der Waals surface area contributed by atoms with Gasteiger partial charge in [0.15, 0.2) is 0 Å². The van der Waals surface area contributed by atoms with Crippen molar-refractivity contribution >= 4 is 24.0 Å². The SMILES string of the molecule is COC(=O)N[C@H](C(=O)NN(Cc1ccc(-c2ccccn2)cc1)C[C@H](O)[C@H](Cc1ccccc1)NC(=O)[C@H]1C[C@@H](NC(=O)OC)C1(C)C)C(C)(C)C. The summed E-state index contributed by atoms with van der Waals surface area (Å²) in [4.78, 5) is 56.1. The Morgan fingerprint density at radius 2 is 1.56 bits per heavy atom. The summed E-state index contributed by atoms with van der Waals surface area (Å²) in [5, 5.41) is 22.0. The molecule has 0 aliphatic heterocycles. The van der Waals surface area contributed by atoms with Crippen molar-refractivity contribution in [2.24, 2.45) is 16.7 Å². The lowest BCUT2D eigenvalue weighted by molar-refractivity contribution is -0.139. The standard InChI is InChI=1S/C39H52N6O7/c1-38(2,3)33(43-37(50)52-7)35(48)44-45(23-26-16-18-27(19-17-26)29-15-11-12-20-40-29)24-31(46)30(21-25-13-9-8-10-14-25)41-34(47)28-22-32(39(28,4)5)42-36(49)51-6/h8-20,28,30-33,46H,21-24H2,1-7H3,(H,41,47)(H,42,49)(H,43,50)(H,44,48)/t28-,30+,31+,32-,33-/m1/s1. The average Bonchev–Trinajstić information content (AvgIpc) is 3.12. The second-order valence-corrected chi connectivity index (χ2v) is 14.9. The number of ether oxygens (including phenoxy) is 2. The van der Waals surface area contributed by atoms with E-state index in [0.29, 0.717) is 12.8 Å². The predicted octanol–water partition coefficient (Wildman–Crippen LogP) is 4.21. The third-order valence-corrected chi connectivity index (χ3v) is 9.69. The predicted molar refractivity (Wildman–Crippen MR) is 196 cm³/mol. The van der Waals surface area contributed by atoms with Crippen LogP contribution in [0.2, 0.25) is 0 Å². The minimum atomic E-state index is -1.15. The summed E-state index contributed by atoms with van der Waals surface area (Å²) >= 11 is 0. The number of nitrogens with one attached hydrogen (secondary N) is 4. The molecule has 0 bridgehead atoms. The van der Waals surface area contributed by atoms with Gasteiger partial charge in [-0.15, -0.1) is 0 Å². The summed E-state index contributed by atoms with van der Waals surface area (Å²) in [6.07, 6.45) is 0.00838. The Hall–Kier alpha value is -5.01. The highest BCUT2D eigenvalue weighted by atomic mass is 16.5. The lowest BCUT2D eigenvalue weighted by Crippen LogP contribution is -2.64. The van der Waals surface area contributed by atoms with Crippen LogP contribution < -0.4 is 21.4 Å². The van der Waals surface area contributed by atoms with E-state index in [-0.39, 0.29) is 25.0 Å². The van der Waals surface area contributed by atoms with Crippen molar-refractivity contribution in [3.63, 3.8) is 0 Å². The Morgan fingerprint density at radius 3 is 2.13 bits per heavy atom. The van der Waals surface area contributed by atoms with Crippen molar-refractivity contribution in [3.8, 4) is 11.3 Å². The van der Waals surface area contributed by atoms with Crippen LogP contribution in [0.3, 0.4) is 0 Å². The number of methoxy groups -OCH3 is 2. The number of hydrogen-bond donors (Lipinski definition) is 5. The number of rotatable bonds is 14. The van der Waals surface area contributed by atoms with Crippen LogP contribution in [0, 0.1) is 16.7 Å². The second kappa shape index (κ2) is 17.5. The van der Waals surface area contributed by atoms with Crippen LogP contribution in [0.5, 0.6) is 0 Å². The summed E-state index contributed by atoms with van der Waals surface area (Å²) in [7, 11) is 2.52. The fraction of sp³-hybridized carbons (Fsp3) is 0.462. The largest absolute Gasteiger partial charge is 0.453 e. The number of pyridine rings is 1. The van der Waals surface area contributed by atoms with Gasteiger partial charge in [0.25, 0.3) is 5.91 Å². The first-order valence-corrected chi connectivity index (χ1v) is 17.4. The summed E-state index contributed by atoms with van der Waals surface area (Å²) < 4.78 is 9.54. The van der Waals surface area contributed by atoms with Crippen LogP contribution in [0.1, 0.15) is 52.2 Å². The van der Waals surface area contributed by atoms with Gasteiger partial charge < -0.3 is 30.5 Å². The van der Waals surface area contributed by atoms with Gasteiger partial charge in [0.1, 0.15) is 6.04 Å². The number of aliphatic hydroxyl groups is 1. The molecule has 1 fully saturated rings. The first-order valence-electron chi connectivity index (χ1n) is 17.4. The van der Waals surface area contributed by atoms with E-state index in [1.807, 2.05) is 107 Å². The van der Waals surface area contributed by atoms with Crippen LogP contribution in [0.15, 0.2) is 79.0 Å². The average molecular weight is 717 g/mol. The van der Waals surface area contributed by atoms with E-state index in [1.165, 1.54) is 14.2 Å². The molecule has 4 rings (SSSR count). The molecule has 1 saturated carbocycles. The zero-order valence-corrected chi connectivity index (χ0v) is 31.0. The minimum absolute atomic E-state index is 0.0683. The molecule has 0 saturated heterocycles. The molecule has 4 amide bonds. The molecule has 0 unspecified atom stereocenters. The molecular formula is C39H52N6O7. The maximum Gasteiger partial charge on any atom is 0.407 e. The molecule has 13 heteroatoms. The maximum atomic E-state index is 13.8. The minimum Gasteiger partial charge on any atom is -0.453 e. The van der Waals surface area contributed by atoms with Crippen molar-refractivity contribution in [1.82, 2.24) is 31.4 Å². The van der Waals surface area contributed by atoms with E-state index >= 15 is 0 Å². The fourth-order valence-electron chi connectivity index (χ4n) is 6.36. The number of nitrogens with zero attached hydrogens (tertiary/aromatic N) is 2. The van der Waals surface area contributed by atoms with Gasteiger partial charge in [-0.3, -0.25) is 20.0 Å². The first kappa shape index (κ1) is 39.8. The highest BCUT2D eigenvalue weighted by Gasteiger charge is 2.53. The van der Waals surface area contributed by atoms with Crippen molar-refractivity contribution in [1.29, 1.82) is 0 Å². The molecule has 280 valence electrons. The van der Waals surface area contributed by atoms with E-state index < -0.39 is 53.0 Å². The van der Waals surface area contributed by atoms with E-state index in [4.69, 9.17) is 9.47 Å². The molecule has 1 aliphatic rings. The van der Waals surface area contributed by atoms with Crippen molar-refractivity contribution < 1.29 is 33.8 Å². The molecule has 13 nitrogen and oxygen atoms in total. The monoisotopic (exact) mass is 716 g/mol. The lowest BCUT2D eigenvalue weighted by atomic mass is 9.58. The molecule has 52 heavy (non-hydrogen) atoms. The molecule has 3 aromatic rings. The van der Waals surface area contributed by atoms with Crippen LogP contribution in [-0.2, 0) is 32.0 Å². The molecular weight excluding hydrogens is 664 g/mol. The van der Waals surface area contributed by atoms with Gasteiger partial charge in [0, 0.05) is 36.8 Å². The fourth-order valence-corrected chi connectivity index (χ4v) is 6.36. The van der Waals surface area contributed by atoms with Crippen molar-refractivity contribution in [3.05, 3.63) is 90.1 Å². The van der Waals surface area contributed by atoms with Gasteiger partial charge in [-0.1, -0.05) is 95.3 Å². The number of carbonyl (C=O) groups excluding carboxylic acids is 4. The lowest BCUT2D eigenvalue weighted by Gasteiger charge is -2.51. The Morgan fingerprint density at radius 1 is 0.904 bits per heavy atom. The summed E-state index contributed by atoms with van der Waals surface area (Å²) in [6, 6.07) is 20.9. The molecule has 0 radical (unpaired) electrons. The summed E-state index contributed by atoms with van der Waals surface area (Å²) in [5.74, 6) is -1.17. The topological polar surface area (TPSA) is 171 Å². The Bertz CT molecular complexity index is 1650. The van der Waals surface area contributed by atoms with E-state index in [0.717, 1.165) is 22.4 Å². The van der Waals surface area contributed by atoms with Crippen LogP contribution in [-0.4, -0.2) is 84.1 Å². The van der Waals surface area contributed by atoms with Gasteiger partial charge in [-0.2, -0.15) is 0 Å². The van der Waals surface area contributed by atoms with Crippen molar-refractivity contribution in [2.75, 3.05) is 20.8 Å². The molecule has 0 spiro atoms. The van der Waals surface area contributed by atoms with Crippen LogP contribution >= 0.6 is 0 Å². The number of hydrogen-bond acceptors (Lipinski definition) is 9. The van der Waals surface area contributed by atoms with E-state index in [2.05, 4.69) is 26.4 Å². The molecule has 5 atom stereocenters. The number of amides is 4. The van der Waals surface area contributed by atoms with E-state index in [1.54, 1.807) is 11.2 Å². The number of benzene rings is 2. The molecule has 1 heterocycles. The Kier molecular flexibility index (Phi) is 13.4. The van der Waals surface area contributed by atoms with Crippen molar-refractivity contribution in [2.45, 2.75) is 78.2 Å². The summed E-state index contributed by atoms with van der Waals surface area (Å²) in [6.45, 7) is 9.41. The molecule has 2 aromatic carbocycles. The quantitative estimate of drug-likeness (QED) is 0.153. The van der Waals surface area contributed by atoms with Crippen LogP contribution in [0.4, 0.5) is 9.59 Å².